The zero-order valence-electron chi connectivity index (χ0n) is 20.8. The van der Waals surface area contributed by atoms with Crippen molar-refractivity contribution in [3.05, 3.63) is 12.2 Å². The molecule has 12 heteroatoms. The molecule has 0 bridgehead atoms. The van der Waals surface area contributed by atoms with Gasteiger partial charge in [0.1, 0.15) is 6.10 Å². The lowest BCUT2D eigenvalue weighted by atomic mass is 10.0. The highest BCUT2D eigenvalue weighted by molar-refractivity contribution is 6.01. The minimum absolute atomic E-state index is 0.0254. The Bertz CT molecular complexity index is 699. The Morgan fingerprint density at radius 2 is 1.39 bits per heavy atom. The Hall–Kier alpha value is -2.54. The van der Waals surface area contributed by atoms with Crippen LogP contribution in [0.15, 0.2) is 12.2 Å². The molecule has 1 fully saturated rings. The molecular weight excluding hydrogens is 476 g/mol. The molecule has 2 rings (SSSR count). The fourth-order valence-electron chi connectivity index (χ4n) is 3.38. The summed E-state index contributed by atoms with van der Waals surface area (Å²) in [5, 5.41) is 3.22. The van der Waals surface area contributed by atoms with Gasteiger partial charge in [-0.15, -0.1) is 5.06 Å². The van der Waals surface area contributed by atoms with E-state index in [0.29, 0.717) is 51.2 Å². The van der Waals surface area contributed by atoms with E-state index < -0.39 is 23.9 Å². The number of hydrogen-bond donors (Lipinski definition) is 1. The predicted molar refractivity (Wildman–Crippen MR) is 126 cm³/mol. The molecule has 204 valence electrons. The first-order chi connectivity index (χ1) is 17.6. The molecule has 1 aliphatic carbocycles. The number of rotatable bonds is 17. The van der Waals surface area contributed by atoms with Crippen LogP contribution in [0.1, 0.15) is 51.4 Å². The van der Waals surface area contributed by atoms with Gasteiger partial charge in [0.15, 0.2) is 0 Å². The molecular formula is C24H38N2O10. The average Bonchev–Trinajstić information content (AvgIpc) is 3.15. The second-order valence-electron chi connectivity index (χ2n) is 8.18. The van der Waals surface area contributed by atoms with Crippen LogP contribution in [0.25, 0.3) is 0 Å². The van der Waals surface area contributed by atoms with Crippen LogP contribution in [0.5, 0.6) is 0 Å². The summed E-state index contributed by atoms with van der Waals surface area (Å²) >= 11 is 0. The third-order valence-electron chi connectivity index (χ3n) is 5.27. The Labute approximate surface area is 211 Å². The van der Waals surface area contributed by atoms with Crippen LogP contribution in [0, 0.1) is 0 Å². The van der Waals surface area contributed by atoms with Gasteiger partial charge in [-0.05, 0) is 32.1 Å². The van der Waals surface area contributed by atoms with E-state index in [1.54, 1.807) is 0 Å². The molecule has 2 aliphatic rings. The molecule has 36 heavy (non-hydrogen) atoms. The summed E-state index contributed by atoms with van der Waals surface area (Å²) in [6.45, 7) is 3.05. The number of nitrogens with one attached hydrogen (secondary N) is 1. The molecule has 12 nitrogen and oxygen atoms in total. The zero-order chi connectivity index (χ0) is 25.8. The Kier molecular flexibility index (Phi) is 15.4. The Morgan fingerprint density at radius 1 is 0.806 bits per heavy atom. The largest absolute Gasteiger partial charge is 0.446 e. The van der Waals surface area contributed by atoms with Crippen molar-refractivity contribution in [3.63, 3.8) is 0 Å². The van der Waals surface area contributed by atoms with E-state index in [1.165, 1.54) is 0 Å². The molecule has 0 spiro atoms. The second-order valence-corrected chi connectivity index (χ2v) is 8.18. The van der Waals surface area contributed by atoms with E-state index in [4.69, 9.17) is 28.5 Å². The zero-order valence-corrected chi connectivity index (χ0v) is 20.8. The lowest BCUT2D eigenvalue weighted by Crippen LogP contribution is -2.32. The van der Waals surface area contributed by atoms with Gasteiger partial charge in [-0.1, -0.05) is 12.2 Å². The molecule has 3 amide bonds. The van der Waals surface area contributed by atoms with Crippen LogP contribution < -0.4 is 5.32 Å². The number of allylic oxidation sites excluding steroid dienone is 2. The molecule has 1 heterocycles. The minimum Gasteiger partial charge on any atom is -0.446 e. The van der Waals surface area contributed by atoms with Crippen LogP contribution in [0.4, 0.5) is 4.79 Å². The first-order valence-corrected chi connectivity index (χ1v) is 12.5. The van der Waals surface area contributed by atoms with Crippen molar-refractivity contribution in [2.24, 2.45) is 0 Å². The average molecular weight is 515 g/mol. The summed E-state index contributed by atoms with van der Waals surface area (Å²) in [4.78, 5) is 50.9. The van der Waals surface area contributed by atoms with Gasteiger partial charge >= 0.3 is 12.1 Å². The number of alkyl carbamates (subject to hydrolysis) is 1. The van der Waals surface area contributed by atoms with Crippen LogP contribution in [0.2, 0.25) is 0 Å². The highest BCUT2D eigenvalue weighted by atomic mass is 16.7. The van der Waals surface area contributed by atoms with Crippen LogP contribution in [-0.2, 0) is 42.9 Å². The fraction of sp³-hybridized carbons (Fsp3) is 0.750. The Morgan fingerprint density at radius 3 is 2.06 bits per heavy atom. The molecule has 0 aromatic rings. The van der Waals surface area contributed by atoms with E-state index in [0.717, 1.165) is 32.1 Å². The summed E-state index contributed by atoms with van der Waals surface area (Å²) < 4.78 is 26.9. The maximum Gasteiger partial charge on any atom is 0.407 e. The quantitative estimate of drug-likeness (QED) is 0.173. The van der Waals surface area contributed by atoms with Gasteiger partial charge in [0.05, 0.1) is 59.3 Å². The molecule has 0 saturated carbocycles. The van der Waals surface area contributed by atoms with Gasteiger partial charge < -0.3 is 33.8 Å². The monoisotopic (exact) mass is 514 g/mol. The van der Waals surface area contributed by atoms with Crippen LogP contribution in [0.3, 0.4) is 0 Å². The smallest absolute Gasteiger partial charge is 0.407 e. The molecule has 0 aromatic carbocycles. The number of carbonyl (C=O) groups excluding carboxylic acids is 4. The summed E-state index contributed by atoms with van der Waals surface area (Å²) in [6, 6.07) is 0. The highest BCUT2D eigenvalue weighted by Crippen LogP contribution is 2.15. The lowest BCUT2D eigenvalue weighted by molar-refractivity contribution is -0.198. The van der Waals surface area contributed by atoms with Crippen molar-refractivity contribution >= 4 is 23.9 Å². The first kappa shape index (κ1) is 29.7. The molecule has 0 unspecified atom stereocenters. The maximum atomic E-state index is 11.8. The van der Waals surface area contributed by atoms with Gasteiger partial charge in [0, 0.05) is 19.4 Å². The minimum atomic E-state index is -0.700. The van der Waals surface area contributed by atoms with Crippen molar-refractivity contribution in [2.45, 2.75) is 57.5 Å². The lowest BCUT2D eigenvalue weighted by Gasteiger charge is -2.18. The van der Waals surface area contributed by atoms with Crippen LogP contribution >= 0.6 is 0 Å². The Balaban J connectivity index is 1.29. The van der Waals surface area contributed by atoms with E-state index >= 15 is 0 Å². The van der Waals surface area contributed by atoms with Crippen molar-refractivity contribution < 1.29 is 47.7 Å². The van der Waals surface area contributed by atoms with Gasteiger partial charge in [-0.2, -0.15) is 0 Å². The van der Waals surface area contributed by atoms with Crippen molar-refractivity contribution in [1.82, 2.24) is 10.4 Å². The maximum absolute atomic E-state index is 11.8. The van der Waals surface area contributed by atoms with Gasteiger partial charge in [0.25, 0.3) is 11.8 Å². The van der Waals surface area contributed by atoms with Gasteiger partial charge in [0.2, 0.25) is 0 Å². The number of nitrogens with zero attached hydrogens (tertiary/aromatic N) is 1. The van der Waals surface area contributed by atoms with Gasteiger partial charge in [-0.3, -0.25) is 9.59 Å². The van der Waals surface area contributed by atoms with Crippen molar-refractivity contribution in [2.75, 3.05) is 59.4 Å². The number of carbonyl (C=O) groups is 4. The molecule has 1 atom stereocenters. The standard InChI is InChI=1S/C24H38N2O10/c27-21-8-9-22(28)26(21)36-23(29)10-12-31-14-16-33-18-19-34-17-15-32-13-11-25-24(30)35-20-6-4-2-1-3-5-7-20/h1-2,20H,3-19H2,(H,25,30)/b2-1+/t20-/m0/s1. The summed E-state index contributed by atoms with van der Waals surface area (Å²) in [7, 11) is 0. The van der Waals surface area contributed by atoms with E-state index in [9.17, 15) is 19.2 Å². The van der Waals surface area contributed by atoms with Gasteiger partial charge in [-0.25, -0.2) is 9.59 Å². The SMILES string of the molecule is O=C(CCOCCOCCOCCOCCNC(=O)O[C@H]1CC/C=C/CCC1)ON1C(=O)CCC1=O. The molecule has 0 radical (unpaired) electrons. The van der Waals surface area contributed by atoms with E-state index in [2.05, 4.69) is 17.5 Å². The third-order valence-corrected chi connectivity index (χ3v) is 5.27. The number of hydrogen-bond acceptors (Lipinski definition) is 10. The molecule has 1 aliphatic heterocycles. The first-order valence-electron chi connectivity index (χ1n) is 12.5. The summed E-state index contributed by atoms with van der Waals surface area (Å²) in [5.74, 6) is -1.72. The number of hydroxylamine groups is 2. The highest BCUT2D eigenvalue weighted by Gasteiger charge is 2.32. The molecule has 0 aromatic heterocycles. The van der Waals surface area contributed by atoms with E-state index in [-0.39, 0.29) is 38.6 Å². The number of ether oxygens (including phenoxy) is 5. The summed E-state index contributed by atoms with van der Waals surface area (Å²) in [5.41, 5.74) is 0. The van der Waals surface area contributed by atoms with E-state index in [1.807, 2.05) is 0 Å². The number of amides is 3. The second kappa shape index (κ2) is 18.7. The van der Waals surface area contributed by atoms with Crippen molar-refractivity contribution in [1.29, 1.82) is 0 Å². The topological polar surface area (TPSA) is 139 Å². The normalized spacial score (nSPS) is 19.0. The van der Waals surface area contributed by atoms with Crippen LogP contribution in [-0.4, -0.2) is 94.4 Å². The molecule has 1 saturated heterocycles. The number of imide groups is 1. The van der Waals surface area contributed by atoms with Crippen molar-refractivity contribution in [3.8, 4) is 0 Å². The summed E-state index contributed by atoms with van der Waals surface area (Å²) in [6.07, 6.45) is 8.70. The fourth-order valence-corrected chi connectivity index (χ4v) is 3.38. The molecule has 1 N–H and O–H groups in total. The predicted octanol–water partition coefficient (Wildman–Crippen LogP) is 1.67. The third kappa shape index (κ3) is 13.5.